The van der Waals surface area contributed by atoms with E-state index >= 15 is 0 Å². The van der Waals surface area contributed by atoms with E-state index in [0.29, 0.717) is 11.4 Å². The largest absolute Gasteiger partial charge is 0.464 e. The third kappa shape index (κ3) is 3.05. The maximum absolute atomic E-state index is 11.8. The van der Waals surface area contributed by atoms with Crippen molar-refractivity contribution >= 4 is 29.6 Å². The molecule has 0 fully saturated rings. The van der Waals surface area contributed by atoms with E-state index < -0.39 is 5.97 Å². The van der Waals surface area contributed by atoms with Gasteiger partial charge in [-0.15, -0.1) is 11.8 Å². The van der Waals surface area contributed by atoms with Gasteiger partial charge in [-0.05, 0) is 18.4 Å². The molecular formula is C15H15N3O2S. The molecule has 2 N–H and O–H groups in total. The van der Waals surface area contributed by atoms with Gasteiger partial charge in [-0.25, -0.2) is 14.8 Å². The van der Waals surface area contributed by atoms with Crippen molar-refractivity contribution in [1.29, 1.82) is 0 Å². The fourth-order valence-electron chi connectivity index (χ4n) is 1.81. The molecule has 5 nitrogen and oxygen atoms in total. The predicted octanol–water partition coefficient (Wildman–Crippen LogP) is 2.88. The molecule has 1 heterocycles. The zero-order valence-electron chi connectivity index (χ0n) is 11.8. The van der Waals surface area contributed by atoms with Crippen LogP contribution in [0.15, 0.2) is 35.7 Å². The van der Waals surface area contributed by atoms with Crippen LogP contribution >= 0.6 is 11.8 Å². The molecule has 0 spiro atoms. The number of methoxy groups -OCH3 is 1. The summed E-state index contributed by atoms with van der Waals surface area (Å²) < 4.78 is 4.73. The van der Waals surface area contributed by atoms with E-state index in [0.717, 1.165) is 10.5 Å². The number of hydrogen-bond acceptors (Lipinski definition) is 6. The van der Waals surface area contributed by atoms with Gasteiger partial charge >= 0.3 is 5.97 Å². The molecule has 0 unspecified atom stereocenters. The minimum atomic E-state index is -0.569. The van der Waals surface area contributed by atoms with Crippen LogP contribution in [0, 0.1) is 0 Å². The van der Waals surface area contributed by atoms with E-state index in [4.69, 9.17) is 10.5 Å². The van der Waals surface area contributed by atoms with Crippen LogP contribution in [-0.4, -0.2) is 29.3 Å². The molecule has 0 aliphatic carbocycles. The van der Waals surface area contributed by atoms with Gasteiger partial charge in [0.15, 0.2) is 11.5 Å². The molecule has 1 aromatic heterocycles. The molecule has 0 radical (unpaired) electrons. The van der Waals surface area contributed by atoms with Crippen molar-refractivity contribution < 1.29 is 9.53 Å². The average Bonchev–Trinajstić information content (AvgIpc) is 2.53. The molecule has 2 rings (SSSR count). The Balaban J connectivity index is 2.56. The molecule has 0 saturated heterocycles. The predicted molar refractivity (Wildman–Crippen MR) is 85.1 cm³/mol. The highest BCUT2D eigenvalue weighted by Gasteiger charge is 2.18. The minimum absolute atomic E-state index is 0.115. The Morgan fingerprint density at radius 2 is 2.00 bits per heavy atom. The zero-order chi connectivity index (χ0) is 15.4. The number of aromatic nitrogens is 2. The van der Waals surface area contributed by atoms with Crippen LogP contribution in [0.5, 0.6) is 0 Å². The number of ether oxygens (including phenoxy) is 1. The molecule has 21 heavy (non-hydrogen) atoms. The molecule has 0 amide bonds. The number of thioether (sulfide) groups is 1. The van der Waals surface area contributed by atoms with Gasteiger partial charge in [0.2, 0.25) is 0 Å². The summed E-state index contributed by atoms with van der Waals surface area (Å²) >= 11 is 1.64. The van der Waals surface area contributed by atoms with Crippen LogP contribution in [0.3, 0.4) is 0 Å². The van der Waals surface area contributed by atoms with Gasteiger partial charge in [0.05, 0.1) is 7.11 Å². The fourth-order valence-corrected chi connectivity index (χ4v) is 2.22. The van der Waals surface area contributed by atoms with Gasteiger partial charge in [-0.2, -0.15) is 0 Å². The van der Waals surface area contributed by atoms with Crippen LogP contribution < -0.4 is 5.73 Å². The van der Waals surface area contributed by atoms with E-state index in [1.54, 1.807) is 11.8 Å². The number of carbonyl (C=O) groups excluding carboxylic acids is 1. The lowest BCUT2D eigenvalue weighted by atomic mass is 10.1. The Hall–Kier alpha value is -2.34. The second kappa shape index (κ2) is 6.41. The minimum Gasteiger partial charge on any atom is -0.464 e. The van der Waals surface area contributed by atoms with Gasteiger partial charge in [-0.3, -0.25) is 0 Å². The maximum atomic E-state index is 11.8. The fraction of sp³-hybridized carbons (Fsp3) is 0.133. The van der Waals surface area contributed by atoms with Crippen molar-refractivity contribution in [3.05, 3.63) is 42.1 Å². The number of hydrogen-bond donors (Lipinski definition) is 1. The van der Waals surface area contributed by atoms with E-state index in [9.17, 15) is 4.79 Å². The van der Waals surface area contributed by atoms with Gasteiger partial charge in [0.25, 0.3) is 0 Å². The van der Waals surface area contributed by atoms with Crippen LogP contribution in [-0.2, 0) is 4.74 Å². The molecule has 6 heteroatoms. The van der Waals surface area contributed by atoms with Crippen molar-refractivity contribution in [2.45, 2.75) is 4.90 Å². The van der Waals surface area contributed by atoms with Crippen molar-refractivity contribution in [2.75, 3.05) is 19.1 Å². The molecule has 0 aliphatic heterocycles. The molecule has 0 bridgehead atoms. The Morgan fingerprint density at radius 1 is 1.33 bits per heavy atom. The number of nitrogens with zero attached hydrogens (tertiary/aromatic N) is 2. The highest BCUT2D eigenvalue weighted by atomic mass is 32.2. The number of nitrogens with two attached hydrogens (primary N) is 1. The Bertz CT molecular complexity index is 684. The quantitative estimate of drug-likeness (QED) is 0.691. The van der Waals surface area contributed by atoms with Crippen LogP contribution in [0.2, 0.25) is 0 Å². The van der Waals surface area contributed by atoms with E-state index in [2.05, 4.69) is 16.5 Å². The molecule has 2 aromatic rings. The summed E-state index contributed by atoms with van der Waals surface area (Å²) in [5, 5.41) is 0. The lowest BCUT2D eigenvalue weighted by molar-refractivity contribution is 0.0594. The first kappa shape index (κ1) is 15.1. The summed E-state index contributed by atoms with van der Waals surface area (Å²) in [7, 11) is 1.29. The Morgan fingerprint density at radius 3 is 2.52 bits per heavy atom. The number of nitrogen functional groups attached to an aromatic ring is 1. The number of rotatable bonds is 4. The maximum Gasteiger partial charge on any atom is 0.357 e. The van der Waals surface area contributed by atoms with Gasteiger partial charge in [0, 0.05) is 16.0 Å². The first-order chi connectivity index (χ1) is 10.1. The lowest BCUT2D eigenvalue weighted by Crippen LogP contribution is -2.11. The van der Waals surface area contributed by atoms with Crippen molar-refractivity contribution in [2.24, 2.45) is 0 Å². The number of benzene rings is 1. The van der Waals surface area contributed by atoms with Crippen molar-refractivity contribution in [1.82, 2.24) is 9.97 Å². The smallest absolute Gasteiger partial charge is 0.357 e. The summed E-state index contributed by atoms with van der Waals surface area (Å²) in [5.74, 6) is 0.0106. The normalized spacial score (nSPS) is 10.2. The average molecular weight is 301 g/mol. The standard InChI is InChI=1S/C15H15N3O2S/c1-4-11-12(15(19)20-2)17-14(18-13(11)16)9-5-7-10(21-3)8-6-9/h4-8H,1H2,2-3H3,(H2,16,17,18). The Kier molecular flexibility index (Phi) is 4.59. The summed E-state index contributed by atoms with van der Waals surface area (Å²) in [4.78, 5) is 21.4. The zero-order valence-corrected chi connectivity index (χ0v) is 12.6. The lowest BCUT2D eigenvalue weighted by Gasteiger charge is -2.09. The van der Waals surface area contributed by atoms with Crippen molar-refractivity contribution in [3.63, 3.8) is 0 Å². The highest BCUT2D eigenvalue weighted by molar-refractivity contribution is 7.98. The van der Waals surface area contributed by atoms with E-state index in [1.165, 1.54) is 13.2 Å². The SMILES string of the molecule is C=Cc1c(N)nc(-c2ccc(SC)cc2)nc1C(=O)OC. The molecular weight excluding hydrogens is 286 g/mol. The summed E-state index contributed by atoms with van der Waals surface area (Å²) in [6, 6.07) is 7.68. The molecule has 1 aromatic carbocycles. The van der Waals surface area contributed by atoms with E-state index in [1.807, 2.05) is 30.5 Å². The first-order valence-corrected chi connectivity index (χ1v) is 7.36. The topological polar surface area (TPSA) is 78.1 Å². The molecule has 0 saturated carbocycles. The van der Waals surface area contributed by atoms with Crippen LogP contribution in [0.25, 0.3) is 17.5 Å². The Labute approximate surface area is 127 Å². The third-order valence-corrected chi connectivity index (χ3v) is 3.65. The molecule has 0 aliphatic rings. The molecule has 0 atom stereocenters. The second-order valence-corrected chi connectivity index (χ2v) is 5.00. The first-order valence-electron chi connectivity index (χ1n) is 6.13. The summed E-state index contributed by atoms with van der Waals surface area (Å²) in [6.07, 6.45) is 3.44. The number of anilines is 1. The van der Waals surface area contributed by atoms with Crippen LogP contribution in [0.1, 0.15) is 16.1 Å². The summed E-state index contributed by atoms with van der Waals surface area (Å²) in [6.45, 7) is 3.62. The molecule has 108 valence electrons. The summed E-state index contributed by atoms with van der Waals surface area (Å²) in [5.41, 5.74) is 7.16. The number of esters is 1. The van der Waals surface area contributed by atoms with Crippen molar-refractivity contribution in [3.8, 4) is 11.4 Å². The second-order valence-electron chi connectivity index (χ2n) is 4.12. The van der Waals surface area contributed by atoms with Gasteiger partial charge < -0.3 is 10.5 Å². The third-order valence-electron chi connectivity index (χ3n) is 2.91. The number of carbonyl (C=O) groups is 1. The van der Waals surface area contributed by atoms with Gasteiger partial charge in [-0.1, -0.05) is 24.8 Å². The van der Waals surface area contributed by atoms with E-state index in [-0.39, 0.29) is 11.5 Å². The van der Waals surface area contributed by atoms with Crippen LogP contribution in [0.4, 0.5) is 5.82 Å². The highest BCUT2D eigenvalue weighted by Crippen LogP contribution is 2.24. The van der Waals surface area contributed by atoms with Gasteiger partial charge in [0.1, 0.15) is 5.82 Å². The monoisotopic (exact) mass is 301 g/mol.